The van der Waals surface area contributed by atoms with E-state index >= 15 is 0 Å². The van der Waals surface area contributed by atoms with Gasteiger partial charge in [-0.1, -0.05) is 6.07 Å². The van der Waals surface area contributed by atoms with Crippen molar-refractivity contribution in [3.63, 3.8) is 0 Å². The fourth-order valence-electron chi connectivity index (χ4n) is 3.54. The van der Waals surface area contributed by atoms with Crippen molar-refractivity contribution in [3.05, 3.63) is 70.5 Å². The van der Waals surface area contributed by atoms with Gasteiger partial charge >= 0.3 is 0 Å². The van der Waals surface area contributed by atoms with Gasteiger partial charge in [-0.05, 0) is 36.4 Å². The lowest BCUT2D eigenvalue weighted by atomic mass is 10.2. The largest absolute Gasteiger partial charge is 0.369 e. The highest BCUT2D eigenvalue weighted by atomic mass is 19.1. The maximum absolute atomic E-state index is 14.0. The number of nitriles is 1. The van der Waals surface area contributed by atoms with Gasteiger partial charge in [-0.2, -0.15) is 5.26 Å². The molecule has 7 heteroatoms. The fourth-order valence-corrected chi connectivity index (χ4v) is 3.54. The standard InChI is InChI=1S/C21H20FN5O/c22-18-2-1-3-19-20(18)21(28)27(15-24-19)13-10-25-8-11-26(12-9-25)17-6-4-16(14-23)5-7-17/h1-7,15H,8-13H2. The second-order valence-electron chi connectivity index (χ2n) is 6.86. The maximum Gasteiger partial charge on any atom is 0.264 e. The van der Waals surface area contributed by atoms with E-state index in [1.165, 1.54) is 17.0 Å². The zero-order chi connectivity index (χ0) is 19.5. The number of hydrogen-bond donors (Lipinski definition) is 0. The van der Waals surface area contributed by atoms with E-state index in [1.807, 2.05) is 24.3 Å². The number of nitrogens with zero attached hydrogens (tertiary/aromatic N) is 5. The number of hydrogen-bond acceptors (Lipinski definition) is 5. The van der Waals surface area contributed by atoms with E-state index in [-0.39, 0.29) is 10.9 Å². The molecule has 0 saturated carbocycles. The van der Waals surface area contributed by atoms with Crippen molar-refractivity contribution in [1.82, 2.24) is 14.5 Å². The molecular formula is C21H20FN5O. The molecule has 0 bridgehead atoms. The lowest BCUT2D eigenvalue weighted by molar-refractivity contribution is 0.247. The summed E-state index contributed by atoms with van der Waals surface area (Å²) in [5.74, 6) is -0.527. The van der Waals surface area contributed by atoms with Crippen molar-refractivity contribution in [2.45, 2.75) is 6.54 Å². The number of piperazine rings is 1. The van der Waals surface area contributed by atoms with E-state index in [1.54, 1.807) is 12.1 Å². The minimum absolute atomic E-state index is 0.0515. The molecule has 6 nitrogen and oxygen atoms in total. The van der Waals surface area contributed by atoms with Gasteiger partial charge in [-0.15, -0.1) is 0 Å². The van der Waals surface area contributed by atoms with Crippen LogP contribution in [0.1, 0.15) is 5.56 Å². The number of anilines is 1. The molecule has 1 aliphatic rings. The number of aromatic nitrogens is 2. The third-order valence-corrected chi connectivity index (χ3v) is 5.19. The first-order chi connectivity index (χ1) is 13.7. The van der Waals surface area contributed by atoms with Crippen molar-refractivity contribution < 1.29 is 4.39 Å². The molecule has 0 aliphatic carbocycles. The Labute approximate surface area is 162 Å². The zero-order valence-corrected chi connectivity index (χ0v) is 15.4. The molecule has 1 fully saturated rings. The summed E-state index contributed by atoms with van der Waals surface area (Å²) in [6, 6.07) is 14.2. The molecule has 1 aromatic heterocycles. The molecule has 28 heavy (non-hydrogen) atoms. The molecule has 1 saturated heterocycles. The van der Waals surface area contributed by atoms with E-state index in [0.717, 1.165) is 31.9 Å². The Bertz CT molecular complexity index is 1080. The minimum Gasteiger partial charge on any atom is -0.369 e. The van der Waals surface area contributed by atoms with Crippen molar-refractivity contribution in [3.8, 4) is 6.07 Å². The van der Waals surface area contributed by atoms with Crippen LogP contribution in [0.25, 0.3) is 10.9 Å². The number of benzene rings is 2. The predicted molar refractivity (Wildman–Crippen MR) is 106 cm³/mol. The third kappa shape index (κ3) is 3.59. The van der Waals surface area contributed by atoms with Crippen molar-refractivity contribution in [1.29, 1.82) is 5.26 Å². The molecule has 3 aromatic rings. The Morgan fingerprint density at radius 2 is 1.79 bits per heavy atom. The van der Waals surface area contributed by atoms with Gasteiger partial charge in [0.2, 0.25) is 0 Å². The summed E-state index contributed by atoms with van der Waals surface area (Å²) in [6.07, 6.45) is 1.50. The maximum atomic E-state index is 14.0. The first kappa shape index (κ1) is 18.1. The van der Waals surface area contributed by atoms with Gasteiger partial charge in [0.1, 0.15) is 11.2 Å². The van der Waals surface area contributed by atoms with Crippen molar-refractivity contribution in [2.24, 2.45) is 0 Å². The Kier molecular flexibility index (Phi) is 5.04. The van der Waals surface area contributed by atoms with Gasteiger partial charge < -0.3 is 4.90 Å². The summed E-state index contributed by atoms with van der Waals surface area (Å²) in [4.78, 5) is 21.3. The quantitative estimate of drug-likeness (QED) is 0.698. The molecule has 0 spiro atoms. The van der Waals surface area contributed by atoms with E-state index in [0.29, 0.717) is 24.2 Å². The summed E-state index contributed by atoms with van der Waals surface area (Å²) >= 11 is 0. The minimum atomic E-state index is -0.527. The van der Waals surface area contributed by atoms with Crippen LogP contribution in [0.15, 0.2) is 53.6 Å². The van der Waals surface area contributed by atoms with Gasteiger partial charge in [-0.3, -0.25) is 14.3 Å². The Balaban J connectivity index is 1.37. The molecule has 1 aliphatic heterocycles. The van der Waals surface area contributed by atoms with E-state index < -0.39 is 5.82 Å². The lowest BCUT2D eigenvalue weighted by Crippen LogP contribution is -2.47. The van der Waals surface area contributed by atoms with Crippen LogP contribution in [-0.2, 0) is 6.54 Å². The molecule has 0 radical (unpaired) electrons. The normalized spacial score (nSPS) is 14.9. The van der Waals surface area contributed by atoms with Crippen LogP contribution in [0, 0.1) is 17.1 Å². The van der Waals surface area contributed by atoms with Crippen molar-refractivity contribution in [2.75, 3.05) is 37.6 Å². The summed E-state index contributed by atoms with van der Waals surface area (Å²) in [6.45, 7) is 4.71. The molecule has 142 valence electrons. The first-order valence-electron chi connectivity index (χ1n) is 9.27. The molecule has 0 amide bonds. The number of rotatable bonds is 4. The van der Waals surface area contributed by atoms with Crippen LogP contribution in [0.4, 0.5) is 10.1 Å². The van der Waals surface area contributed by atoms with E-state index in [2.05, 4.69) is 20.9 Å². The topological polar surface area (TPSA) is 65.2 Å². The molecule has 0 unspecified atom stereocenters. The Morgan fingerprint density at radius 1 is 1.04 bits per heavy atom. The SMILES string of the molecule is N#Cc1ccc(N2CCN(CCn3cnc4cccc(F)c4c3=O)CC2)cc1. The summed E-state index contributed by atoms with van der Waals surface area (Å²) in [5, 5.41) is 8.95. The smallest absolute Gasteiger partial charge is 0.264 e. The third-order valence-electron chi connectivity index (χ3n) is 5.19. The highest BCUT2D eigenvalue weighted by Crippen LogP contribution is 2.17. The monoisotopic (exact) mass is 377 g/mol. The van der Waals surface area contributed by atoms with E-state index in [9.17, 15) is 9.18 Å². The van der Waals surface area contributed by atoms with Crippen LogP contribution < -0.4 is 10.5 Å². The van der Waals surface area contributed by atoms with Gasteiger partial charge in [-0.25, -0.2) is 9.37 Å². The van der Waals surface area contributed by atoms with Crippen LogP contribution in [0.5, 0.6) is 0 Å². The average Bonchev–Trinajstić information content (AvgIpc) is 2.74. The van der Waals surface area contributed by atoms with Crippen LogP contribution in [0.3, 0.4) is 0 Å². The first-order valence-corrected chi connectivity index (χ1v) is 9.27. The molecule has 0 atom stereocenters. The van der Waals surface area contributed by atoms with Crippen molar-refractivity contribution >= 4 is 16.6 Å². The molecule has 4 rings (SSSR count). The second kappa shape index (κ2) is 7.79. The lowest BCUT2D eigenvalue weighted by Gasteiger charge is -2.36. The fraction of sp³-hybridized carbons (Fsp3) is 0.286. The van der Waals surface area contributed by atoms with E-state index in [4.69, 9.17) is 5.26 Å². The molecule has 0 N–H and O–H groups in total. The van der Waals surface area contributed by atoms with Crippen LogP contribution in [0.2, 0.25) is 0 Å². The van der Waals surface area contributed by atoms with Gasteiger partial charge in [0.05, 0.1) is 23.5 Å². The van der Waals surface area contributed by atoms with Crippen LogP contribution >= 0.6 is 0 Å². The average molecular weight is 377 g/mol. The van der Waals surface area contributed by atoms with Gasteiger partial charge in [0.15, 0.2) is 0 Å². The van der Waals surface area contributed by atoms with Gasteiger partial charge in [0, 0.05) is 45.0 Å². The number of halogens is 1. The zero-order valence-electron chi connectivity index (χ0n) is 15.4. The molecule has 2 aromatic carbocycles. The summed E-state index contributed by atoms with van der Waals surface area (Å²) in [5.41, 5.74) is 1.83. The predicted octanol–water partition coefficient (Wildman–Crippen LogP) is 2.23. The van der Waals surface area contributed by atoms with Gasteiger partial charge in [0.25, 0.3) is 5.56 Å². The summed E-state index contributed by atoms with van der Waals surface area (Å²) in [7, 11) is 0. The highest BCUT2D eigenvalue weighted by Gasteiger charge is 2.17. The Morgan fingerprint density at radius 3 is 2.50 bits per heavy atom. The number of fused-ring (bicyclic) bond motifs is 1. The molecular weight excluding hydrogens is 357 g/mol. The van der Waals surface area contributed by atoms with Crippen LogP contribution in [-0.4, -0.2) is 47.2 Å². The summed E-state index contributed by atoms with van der Waals surface area (Å²) < 4.78 is 15.5. The second-order valence-corrected chi connectivity index (χ2v) is 6.86. The highest BCUT2D eigenvalue weighted by molar-refractivity contribution is 5.77. The molecule has 2 heterocycles. The Hall–Kier alpha value is -3.24.